The first kappa shape index (κ1) is 21.1. The number of aromatic nitrogens is 2. The van der Waals surface area contributed by atoms with Crippen molar-refractivity contribution in [3.63, 3.8) is 0 Å². The molecule has 162 valence electrons. The van der Waals surface area contributed by atoms with Gasteiger partial charge in [-0.1, -0.05) is 42.5 Å². The van der Waals surface area contributed by atoms with Crippen LogP contribution in [0.25, 0.3) is 21.5 Å². The summed E-state index contributed by atoms with van der Waals surface area (Å²) >= 11 is 1.12. The largest absolute Gasteiger partial charge is 0.501 e. The molecule has 0 saturated heterocycles. The molecule has 0 saturated carbocycles. The van der Waals surface area contributed by atoms with Crippen molar-refractivity contribution in [2.24, 2.45) is 0 Å². The zero-order chi connectivity index (χ0) is 22.7. The van der Waals surface area contributed by atoms with Gasteiger partial charge in [0.25, 0.3) is 5.56 Å². The van der Waals surface area contributed by atoms with Crippen molar-refractivity contribution in [2.75, 3.05) is 11.9 Å². The molecule has 0 atom stereocenters. The Kier molecular flexibility index (Phi) is 5.86. The van der Waals surface area contributed by atoms with Crippen molar-refractivity contribution in [3.8, 4) is 16.5 Å². The molecule has 2 aromatic carbocycles. The van der Waals surface area contributed by atoms with Crippen molar-refractivity contribution in [3.05, 3.63) is 75.5 Å². The number of anilines is 1. The summed E-state index contributed by atoms with van der Waals surface area (Å²) in [5, 5.41) is 25.1. The number of benzene rings is 2. The number of hydrogen-bond acceptors (Lipinski definition) is 7. The Hall–Kier alpha value is -4.18. The van der Waals surface area contributed by atoms with Crippen LogP contribution in [0, 0.1) is 0 Å². The Morgan fingerprint density at radius 2 is 1.91 bits per heavy atom. The monoisotopic (exact) mass is 451 g/mol. The van der Waals surface area contributed by atoms with Gasteiger partial charge in [-0.25, -0.2) is 14.6 Å². The molecule has 0 fully saturated rings. The van der Waals surface area contributed by atoms with Crippen LogP contribution in [-0.4, -0.2) is 38.9 Å². The Morgan fingerprint density at radius 3 is 2.72 bits per heavy atom. The van der Waals surface area contributed by atoms with Crippen molar-refractivity contribution < 1.29 is 24.5 Å². The molecule has 0 aliphatic heterocycles. The van der Waals surface area contributed by atoms with Crippen LogP contribution in [0.4, 0.5) is 10.5 Å². The van der Waals surface area contributed by atoms with Gasteiger partial charge in [-0.05, 0) is 27.8 Å². The number of nitrogens with zero attached hydrogens (tertiary/aromatic N) is 1. The molecule has 10 heteroatoms. The third-order valence-electron chi connectivity index (χ3n) is 4.70. The van der Waals surface area contributed by atoms with Gasteiger partial charge in [0.2, 0.25) is 5.75 Å². The van der Waals surface area contributed by atoms with Crippen LogP contribution in [0.2, 0.25) is 0 Å². The third kappa shape index (κ3) is 4.30. The van der Waals surface area contributed by atoms with E-state index in [9.17, 15) is 19.5 Å². The highest BCUT2D eigenvalue weighted by Crippen LogP contribution is 2.31. The second kappa shape index (κ2) is 8.90. The average molecular weight is 451 g/mol. The molecule has 2 heterocycles. The van der Waals surface area contributed by atoms with Crippen LogP contribution >= 0.6 is 11.3 Å². The Morgan fingerprint density at radius 1 is 1.12 bits per heavy atom. The minimum atomic E-state index is -1.55. The normalized spacial score (nSPS) is 10.8. The highest BCUT2D eigenvalue weighted by Gasteiger charge is 2.20. The molecule has 4 aromatic rings. The van der Waals surface area contributed by atoms with Crippen LogP contribution in [0.5, 0.6) is 5.75 Å². The van der Waals surface area contributed by atoms with E-state index in [4.69, 9.17) is 9.84 Å². The number of thiophene rings is 1. The second-order valence-corrected chi connectivity index (χ2v) is 7.65. The number of carbonyl (C=O) groups is 2. The first-order chi connectivity index (χ1) is 15.4. The summed E-state index contributed by atoms with van der Waals surface area (Å²) in [6, 6.07) is 15.5. The fourth-order valence-electron chi connectivity index (χ4n) is 3.22. The quantitative estimate of drug-likeness (QED) is 0.349. The predicted octanol–water partition coefficient (Wildman–Crippen LogP) is 3.85. The maximum Gasteiger partial charge on any atom is 0.411 e. The molecule has 0 aliphatic carbocycles. The molecule has 0 bridgehead atoms. The number of ether oxygens (including phenoxy) is 1. The number of rotatable bonds is 6. The van der Waals surface area contributed by atoms with Gasteiger partial charge in [-0.2, -0.15) is 0 Å². The van der Waals surface area contributed by atoms with Gasteiger partial charge in [0.15, 0.2) is 11.5 Å². The Labute approximate surface area is 185 Å². The van der Waals surface area contributed by atoms with Crippen molar-refractivity contribution in [1.29, 1.82) is 0 Å². The molecule has 4 N–H and O–H groups in total. The molecule has 0 spiro atoms. The number of carboxylic acid groups (broad SMARTS) is 1. The summed E-state index contributed by atoms with van der Waals surface area (Å²) in [7, 11) is 0. The minimum Gasteiger partial charge on any atom is -0.501 e. The minimum absolute atomic E-state index is 0.0914. The summed E-state index contributed by atoms with van der Waals surface area (Å²) in [6.45, 7) is 0.150. The molecular weight excluding hydrogens is 434 g/mol. The Bertz CT molecular complexity index is 1370. The zero-order valence-corrected chi connectivity index (χ0v) is 17.3. The highest BCUT2D eigenvalue weighted by molar-refractivity contribution is 7.14. The van der Waals surface area contributed by atoms with E-state index in [2.05, 4.69) is 15.3 Å². The van der Waals surface area contributed by atoms with Gasteiger partial charge in [-0.15, -0.1) is 11.3 Å². The lowest BCUT2D eigenvalue weighted by Gasteiger charge is -2.09. The smallest absolute Gasteiger partial charge is 0.411 e. The van der Waals surface area contributed by atoms with E-state index in [1.54, 1.807) is 11.4 Å². The van der Waals surface area contributed by atoms with Crippen LogP contribution in [0.15, 0.2) is 58.7 Å². The van der Waals surface area contributed by atoms with Crippen LogP contribution in [0.1, 0.15) is 16.1 Å². The number of amides is 1. The van der Waals surface area contributed by atoms with Gasteiger partial charge in [0.1, 0.15) is 0 Å². The van der Waals surface area contributed by atoms with E-state index >= 15 is 0 Å². The summed E-state index contributed by atoms with van der Waals surface area (Å²) in [5.41, 5.74) is -0.431. The Balaban J connectivity index is 1.45. The molecule has 4 rings (SSSR count). The lowest BCUT2D eigenvalue weighted by Crippen LogP contribution is -2.17. The standard InChI is InChI=1S/C22H17N3O6S/c26-17-16(21(28)29)24-19(25-20(17)27)18-15(9-11-32-18)23-22(30)31-10-8-13-6-3-5-12-4-1-2-7-14(12)13/h1-7,9,11,26H,8,10H2,(H,23,30)(H,28,29)(H,24,25,27). The van der Waals surface area contributed by atoms with Gasteiger partial charge < -0.3 is 19.9 Å². The van der Waals surface area contributed by atoms with E-state index in [1.807, 2.05) is 42.5 Å². The van der Waals surface area contributed by atoms with E-state index in [1.165, 1.54) is 0 Å². The number of hydrogen-bond donors (Lipinski definition) is 4. The number of aromatic carboxylic acids is 1. The molecule has 0 radical (unpaired) electrons. The number of carbonyl (C=O) groups excluding carboxylic acids is 1. The summed E-state index contributed by atoms with van der Waals surface area (Å²) in [5.74, 6) is -2.62. The van der Waals surface area contributed by atoms with Gasteiger partial charge >= 0.3 is 12.1 Å². The fraction of sp³-hybridized carbons (Fsp3) is 0.0909. The zero-order valence-electron chi connectivity index (χ0n) is 16.5. The predicted molar refractivity (Wildman–Crippen MR) is 119 cm³/mol. The van der Waals surface area contributed by atoms with Gasteiger partial charge in [0, 0.05) is 6.42 Å². The third-order valence-corrected chi connectivity index (χ3v) is 5.62. The lowest BCUT2D eigenvalue weighted by atomic mass is 10.0. The molecule has 9 nitrogen and oxygen atoms in total. The van der Waals surface area contributed by atoms with E-state index in [0.29, 0.717) is 11.3 Å². The SMILES string of the molecule is O=C(Nc1ccsc1-c1nc(C(=O)O)c(O)c(=O)[nH]1)OCCc1cccc2ccccc12. The van der Waals surface area contributed by atoms with Gasteiger partial charge in [0.05, 0.1) is 17.2 Å². The average Bonchev–Trinajstić information content (AvgIpc) is 3.23. The maximum absolute atomic E-state index is 12.3. The first-order valence-corrected chi connectivity index (χ1v) is 10.4. The number of carboxylic acids is 1. The van der Waals surface area contributed by atoms with Crippen LogP contribution in [-0.2, 0) is 11.2 Å². The summed E-state index contributed by atoms with van der Waals surface area (Å²) in [6.07, 6.45) is -0.176. The number of aromatic amines is 1. The highest BCUT2D eigenvalue weighted by atomic mass is 32.1. The number of aromatic hydroxyl groups is 1. The van der Waals surface area contributed by atoms with Crippen molar-refractivity contribution >= 4 is 39.9 Å². The van der Waals surface area contributed by atoms with Gasteiger partial charge in [-0.3, -0.25) is 10.1 Å². The molecule has 2 aromatic heterocycles. The molecule has 32 heavy (non-hydrogen) atoms. The molecular formula is C22H17N3O6S. The van der Waals surface area contributed by atoms with Crippen molar-refractivity contribution in [1.82, 2.24) is 9.97 Å². The second-order valence-electron chi connectivity index (χ2n) is 6.73. The van der Waals surface area contributed by atoms with Crippen LogP contribution < -0.4 is 10.9 Å². The topological polar surface area (TPSA) is 142 Å². The van der Waals surface area contributed by atoms with Crippen molar-refractivity contribution in [2.45, 2.75) is 6.42 Å². The van der Waals surface area contributed by atoms with E-state index in [0.717, 1.165) is 27.7 Å². The number of nitrogens with one attached hydrogen (secondary N) is 2. The fourth-order valence-corrected chi connectivity index (χ4v) is 4.02. The summed E-state index contributed by atoms with van der Waals surface area (Å²) < 4.78 is 5.29. The molecule has 0 unspecified atom stereocenters. The number of H-pyrrole nitrogens is 1. The van der Waals surface area contributed by atoms with E-state index < -0.39 is 29.1 Å². The van der Waals surface area contributed by atoms with Crippen LogP contribution in [0.3, 0.4) is 0 Å². The summed E-state index contributed by atoms with van der Waals surface area (Å²) in [4.78, 5) is 41.8. The molecule has 1 amide bonds. The number of fused-ring (bicyclic) bond motifs is 1. The molecule has 0 aliphatic rings. The van der Waals surface area contributed by atoms with E-state index in [-0.39, 0.29) is 18.1 Å². The first-order valence-electron chi connectivity index (χ1n) is 9.49. The maximum atomic E-state index is 12.3. The lowest BCUT2D eigenvalue weighted by molar-refractivity contribution is 0.0686.